The minimum absolute atomic E-state index is 0.0450. The Bertz CT molecular complexity index is 875. The summed E-state index contributed by atoms with van der Waals surface area (Å²) in [4.78, 5) is 4.59. The van der Waals surface area contributed by atoms with E-state index in [0.29, 0.717) is 41.1 Å². The zero-order valence-electron chi connectivity index (χ0n) is 17.3. The fraction of sp³-hybridized carbons (Fsp3) is 0.381. The number of nitrogens with one attached hydrogen (secondary N) is 1. The highest BCUT2D eigenvalue weighted by Gasteiger charge is 2.27. The average Bonchev–Trinajstić information content (AvgIpc) is 2.76. The Morgan fingerprint density at radius 1 is 0.793 bits per heavy atom. The highest BCUT2D eigenvalue weighted by Crippen LogP contribution is 2.43. The van der Waals surface area contributed by atoms with E-state index in [1.54, 1.807) is 35.5 Å². The predicted molar refractivity (Wildman–Crippen MR) is 111 cm³/mol. The monoisotopic (exact) mass is 401 g/mol. The molecule has 0 fully saturated rings. The Kier molecular flexibility index (Phi) is 6.21. The standard InChI is InChI=1S/C21H27N3O5/c1-25-16-7-6-12(8-17(16)26-2)14-11-15(24-21(22)23-14)13-9-18(27-3)20(29-5)19(10-13)28-4/h6-10,14-15H,11H2,1-5H3,(H3,22,23,24). The molecule has 0 amide bonds. The summed E-state index contributed by atoms with van der Waals surface area (Å²) < 4.78 is 27.1. The van der Waals surface area contributed by atoms with Crippen LogP contribution in [0.25, 0.3) is 0 Å². The molecule has 0 radical (unpaired) electrons. The topological polar surface area (TPSA) is 96.6 Å². The summed E-state index contributed by atoms with van der Waals surface area (Å²) in [5.41, 5.74) is 8.06. The van der Waals surface area contributed by atoms with Crippen molar-refractivity contribution in [1.82, 2.24) is 5.32 Å². The van der Waals surface area contributed by atoms with E-state index in [9.17, 15) is 0 Å². The van der Waals surface area contributed by atoms with Crippen molar-refractivity contribution in [3.8, 4) is 28.7 Å². The van der Waals surface area contributed by atoms with Crippen molar-refractivity contribution in [2.75, 3.05) is 35.5 Å². The minimum atomic E-state index is -0.178. The van der Waals surface area contributed by atoms with Crippen LogP contribution in [0.4, 0.5) is 0 Å². The average molecular weight is 401 g/mol. The van der Waals surface area contributed by atoms with Crippen LogP contribution in [0.5, 0.6) is 28.7 Å². The predicted octanol–water partition coefficient (Wildman–Crippen LogP) is 2.82. The fourth-order valence-corrected chi connectivity index (χ4v) is 3.51. The number of aliphatic imine (C=N–C) groups is 1. The van der Waals surface area contributed by atoms with Crippen LogP contribution in [0, 0.1) is 0 Å². The lowest BCUT2D eigenvalue weighted by molar-refractivity contribution is 0.323. The van der Waals surface area contributed by atoms with Crippen molar-refractivity contribution < 1.29 is 23.7 Å². The summed E-state index contributed by atoms with van der Waals surface area (Å²) in [5, 5.41) is 3.25. The third-order valence-corrected chi connectivity index (χ3v) is 4.96. The molecule has 29 heavy (non-hydrogen) atoms. The second-order valence-corrected chi connectivity index (χ2v) is 6.54. The van der Waals surface area contributed by atoms with Crippen molar-refractivity contribution in [2.24, 2.45) is 10.7 Å². The van der Waals surface area contributed by atoms with E-state index in [0.717, 1.165) is 11.1 Å². The normalized spacial score (nSPS) is 18.3. The second kappa shape index (κ2) is 8.81. The molecule has 0 saturated carbocycles. The molecule has 3 rings (SSSR count). The number of nitrogens with two attached hydrogens (primary N) is 1. The van der Waals surface area contributed by atoms with E-state index in [-0.39, 0.29) is 12.1 Å². The van der Waals surface area contributed by atoms with Gasteiger partial charge in [0, 0.05) is 0 Å². The van der Waals surface area contributed by atoms with E-state index < -0.39 is 0 Å². The first-order chi connectivity index (χ1) is 14.0. The number of nitrogens with zero attached hydrogens (tertiary/aromatic N) is 1. The number of guanidine groups is 1. The molecule has 156 valence electrons. The van der Waals surface area contributed by atoms with E-state index in [4.69, 9.17) is 29.4 Å². The van der Waals surface area contributed by atoms with Crippen LogP contribution in [0.3, 0.4) is 0 Å². The summed E-state index contributed by atoms with van der Waals surface area (Å²) in [6, 6.07) is 9.40. The molecular weight excluding hydrogens is 374 g/mol. The molecule has 2 atom stereocenters. The van der Waals surface area contributed by atoms with E-state index in [2.05, 4.69) is 10.3 Å². The molecule has 0 spiro atoms. The Balaban J connectivity index is 1.95. The molecule has 0 aliphatic carbocycles. The van der Waals surface area contributed by atoms with Gasteiger partial charge in [0.2, 0.25) is 5.75 Å². The minimum Gasteiger partial charge on any atom is -0.493 e. The van der Waals surface area contributed by atoms with Crippen LogP contribution in [-0.4, -0.2) is 41.5 Å². The van der Waals surface area contributed by atoms with Gasteiger partial charge < -0.3 is 34.7 Å². The lowest BCUT2D eigenvalue weighted by atomic mass is 9.93. The molecule has 8 heteroatoms. The third kappa shape index (κ3) is 4.11. The summed E-state index contributed by atoms with van der Waals surface area (Å²) in [7, 11) is 7.99. The molecule has 1 aliphatic rings. The van der Waals surface area contributed by atoms with Crippen LogP contribution >= 0.6 is 0 Å². The van der Waals surface area contributed by atoms with E-state index in [1.165, 1.54) is 0 Å². The molecule has 2 aromatic rings. The largest absolute Gasteiger partial charge is 0.493 e. The highest BCUT2D eigenvalue weighted by atomic mass is 16.5. The van der Waals surface area contributed by atoms with E-state index in [1.807, 2.05) is 30.3 Å². The smallest absolute Gasteiger partial charge is 0.203 e. The zero-order valence-corrected chi connectivity index (χ0v) is 17.3. The number of hydrogen-bond acceptors (Lipinski definition) is 8. The van der Waals surface area contributed by atoms with Gasteiger partial charge in [-0.2, -0.15) is 0 Å². The van der Waals surface area contributed by atoms with Gasteiger partial charge in [-0.25, -0.2) is 4.99 Å². The third-order valence-electron chi connectivity index (χ3n) is 4.96. The van der Waals surface area contributed by atoms with Gasteiger partial charge in [-0.3, -0.25) is 0 Å². The molecule has 1 aliphatic heterocycles. The van der Waals surface area contributed by atoms with Crippen molar-refractivity contribution in [3.63, 3.8) is 0 Å². The van der Waals surface area contributed by atoms with Gasteiger partial charge in [0.05, 0.1) is 47.6 Å². The van der Waals surface area contributed by atoms with E-state index >= 15 is 0 Å². The maximum Gasteiger partial charge on any atom is 0.203 e. The Labute approximate surface area is 170 Å². The van der Waals surface area contributed by atoms with Crippen molar-refractivity contribution >= 4 is 5.96 Å². The van der Waals surface area contributed by atoms with Crippen LogP contribution in [0.15, 0.2) is 35.3 Å². The highest BCUT2D eigenvalue weighted by molar-refractivity contribution is 5.79. The molecule has 0 saturated heterocycles. The molecular formula is C21H27N3O5. The Morgan fingerprint density at radius 3 is 1.93 bits per heavy atom. The number of benzene rings is 2. The van der Waals surface area contributed by atoms with Crippen molar-refractivity contribution in [3.05, 3.63) is 41.5 Å². The maximum absolute atomic E-state index is 6.11. The van der Waals surface area contributed by atoms with Crippen LogP contribution in [0.1, 0.15) is 29.6 Å². The molecule has 0 aromatic heterocycles. The van der Waals surface area contributed by atoms with Crippen LogP contribution in [0.2, 0.25) is 0 Å². The van der Waals surface area contributed by atoms with Crippen LogP contribution in [-0.2, 0) is 0 Å². The first-order valence-corrected chi connectivity index (χ1v) is 9.16. The van der Waals surface area contributed by atoms with Crippen molar-refractivity contribution in [2.45, 2.75) is 18.5 Å². The number of methoxy groups -OCH3 is 5. The first kappa shape index (κ1) is 20.4. The summed E-state index contributed by atoms with van der Waals surface area (Å²) >= 11 is 0. The molecule has 1 heterocycles. The lowest BCUT2D eigenvalue weighted by Gasteiger charge is -2.29. The van der Waals surface area contributed by atoms with Gasteiger partial charge >= 0.3 is 0 Å². The number of hydrogen-bond donors (Lipinski definition) is 2. The second-order valence-electron chi connectivity index (χ2n) is 6.54. The Hall–Kier alpha value is -3.29. The summed E-state index contributed by atoms with van der Waals surface area (Å²) in [6.07, 6.45) is 0.689. The molecule has 8 nitrogen and oxygen atoms in total. The van der Waals surface area contributed by atoms with Gasteiger partial charge in [0.25, 0.3) is 0 Å². The van der Waals surface area contributed by atoms with Gasteiger partial charge in [0.1, 0.15) is 0 Å². The summed E-state index contributed by atoms with van der Waals surface area (Å²) in [5.74, 6) is 3.41. The number of rotatable bonds is 7. The summed E-state index contributed by atoms with van der Waals surface area (Å²) in [6.45, 7) is 0. The van der Waals surface area contributed by atoms with Gasteiger partial charge in [0.15, 0.2) is 29.0 Å². The van der Waals surface area contributed by atoms with Crippen molar-refractivity contribution in [1.29, 1.82) is 0 Å². The zero-order chi connectivity index (χ0) is 21.0. The fourth-order valence-electron chi connectivity index (χ4n) is 3.51. The lowest BCUT2D eigenvalue weighted by Crippen LogP contribution is -2.39. The molecule has 2 unspecified atom stereocenters. The SMILES string of the molecule is COc1ccc(C2CC(c3cc(OC)c(OC)c(OC)c3)N=C(N)N2)cc1OC. The Morgan fingerprint density at radius 2 is 1.38 bits per heavy atom. The van der Waals surface area contributed by atoms with Crippen LogP contribution < -0.4 is 34.7 Å². The van der Waals surface area contributed by atoms with Gasteiger partial charge in [-0.1, -0.05) is 6.07 Å². The maximum atomic E-state index is 6.11. The number of ether oxygens (including phenoxy) is 5. The molecule has 3 N–H and O–H groups in total. The quantitative estimate of drug-likeness (QED) is 0.736. The van der Waals surface area contributed by atoms with Gasteiger partial charge in [-0.15, -0.1) is 0 Å². The van der Waals surface area contributed by atoms with Gasteiger partial charge in [-0.05, 0) is 41.8 Å². The first-order valence-electron chi connectivity index (χ1n) is 9.16. The molecule has 2 aromatic carbocycles. The molecule has 0 bridgehead atoms.